The highest BCUT2D eigenvalue weighted by molar-refractivity contribution is 7.91. The molecule has 3 rings (SSSR count). The fourth-order valence-electron chi connectivity index (χ4n) is 3.00. The predicted octanol–water partition coefficient (Wildman–Crippen LogP) is 2.03. The van der Waals surface area contributed by atoms with Crippen molar-refractivity contribution in [2.75, 3.05) is 5.75 Å². The quantitative estimate of drug-likeness (QED) is 0.770. The van der Waals surface area contributed by atoms with Gasteiger partial charge >= 0.3 is 0 Å². The molecule has 0 N–H and O–H groups in total. The molecule has 2 unspecified atom stereocenters. The van der Waals surface area contributed by atoms with Crippen molar-refractivity contribution in [3.05, 3.63) is 17.7 Å². The Morgan fingerprint density at radius 3 is 2.82 bits per heavy atom. The third-order valence-corrected chi connectivity index (χ3v) is 6.16. The van der Waals surface area contributed by atoms with Crippen LogP contribution in [-0.4, -0.2) is 23.7 Å². The van der Waals surface area contributed by atoms with E-state index in [9.17, 15) is 8.42 Å². The van der Waals surface area contributed by atoms with E-state index in [1.54, 1.807) is 0 Å². The summed E-state index contributed by atoms with van der Waals surface area (Å²) < 4.78 is 26.0. The van der Waals surface area contributed by atoms with Crippen LogP contribution in [-0.2, 0) is 16.4 Å². The van der Waals surface area contributed by atoms with E-state index in [-0.39, 0.29) is 5.25 Å². The van der Waals surface area contributed by atoms with Crippen molar-refractivity contribution in [1.29, 1.82) is 0 Å². The summed E-state index contributed by atoms with van der Waals surface area (Å²) in [6, 6.07) is 0. The van der Waals surface area contributed by atoms with Gasteiger partial charge in [-0.05, 0) is 25.7 Å². The maximum absolute atomic E-state index is 11.9. The van der Waals surface area contributed by atoms with Gasteiger partial charge in [-0.2, -0.15) is 0 Å². The Kier molecular flexibility index (Phi) is 2.54. The van der Waals surface area contributed by atoms with E-state index in [1.165, 1.54) is 6.42 Å². The van der Waals surface area contributed by atoms with Crippen LogP contribution in [0.25, 0.3) is 0 Å². The van der Waals surface area contributed by atoms with Gasteiger partial charge in [0.2, 0.25) is 0 Å². The van der Waals surface area contributed by atoms with E-state index in [0.717, 1.165) is 37.3 Å². The predicted molar refractivity (Wildman–Crippen MR) is 65.6 cm³/mol. The Labute approximate surface area is 102 Å². The Bertz CT molecular complexity index is 533. The molecule has 4 nitrogen and oxygen atoms in total. The third-order valence-electron chi connectivity index (χ3n) is 3.96. The summed E-state index contributed by atoms with van der Waals surface area (Å²) in [4.78, 5) is 4.59. The smallest absolute Gasteiger partial charge is 0.158 e. The van der Waals surface area contributed by atoms with Crippen LogP contribution in [0.1, 0.15) is 55.3 Å². The number of fused-ring (bicyclic) bond motifs is 1. The molecule has 2 aliphatic heterocycles. The molecule has 1 saturated heterocycles. The van der Waals surface area contributed by atoms with Gasteiger partial charge in [0.25, 0.3) is 0 Å². The Balaban J connectivity index is 2.00. The average molecular weight is 254 g/mol. The monoisotopic (exact) mass is 254 g/mol. The number of hydrogen-bond acceptors (Lipinski definition) is 3. The van der Waals surface area contributed by atoms with Crippen LogP contribution in [0.4, 0.5) is 0 Å². The summed E-state index contributed by atoms with van der Waals surface area (Å²) in [6.45, 7) is 3.16. The normalized spacial score (nSPS) is 31.4. The molecule has 5 heteroatoms. The summed E-state index contributed by atoms with van der Waals surface area (Å²) in [5.74, 6) is 1.87. The maximum atomic E-state index is 11.9. The molecule has 1 aromatic rings. The number of rotatable bonds is 1. The molecule has 2 atom stereocenters. The lowest BCUT2D eigenvalue weighted by molar-refractivity contribution is 0.463. The fourth-order valence-corrected chi connectivity index (χ4v) is 4.86. The zero-order valence-electron chi connectivity index (χ0n) is 10.1. The van der Waals surface area contributed by atoms with Crippen molar-refractivity contribution in [1.82, 2.24) is 9.55 Å². The van der Waals surface area contributed by atoms with E-state index < -0.39 is 9.84 Å². The van der Waals surface area contributed by atoms with E-state index in [4.69, 9.17) is 0 Å². The van der Waals surface area contributed by atoms with Crippen molar-refractivity contribution in [2.45, 2.75) is 50.3 Å². The van der Waals surface area contributed by atoms with Crippen molar-refractivity contribution in [3.8, 4) is 0 Å². The summed E-state index contributed by atoms with van der Waals surface area (Å²) >= 11 is 0. The largest absolute Gasteiger partial charge is 0.334 e. The van der Waals surface area contributed by atoms with Crippen LogP contribution in [0, 0.1) is 0 Å². The van der Waals surface area contributed by atoms with E-state index >= 15 is 0 Å². The van der Waals surface area contributed by atoms with Crippen LogP contribution >= 0.6 is 0 Å². The number of imidazole rings is 1. The second-order valence-corrected chi connectivity index (χ2v) is 7.56. The molecule has 0 radical (unpaired) electrons. The Hall–Kier alpha value is -0.840. The van der Waals surface area contributed by atoms with Gasteiger partial charge in [0.1, 0.15) is 11.1 Å². The van der Waals surface area contributed by atoms with Crippen LogP contribution in [0.15, 0.2) is 6.20 Å². The number of sulfone groups is 1. The molecule has 94 valence electrons. The highest BCUT2D eigenvalue weighted by Gasteiger charge is 2.35. The van der Waals surface area contributed by atoms with Crippen LogP contribution in [0.3, 0.4) is 0 Å². The van der Waals surface area contributed by atoms with Crippen molar-refractivity contribution >= 4 is 9.84 Å². The lowest BCUT2D eigenvalue weighted by atomic mass is 10.0. The van der Waals surface area contributed by atoms with Crippen molar-refractivity contribution in [3.63, 3.8) is 0 Å². The van der Waals surface area contributed by atoms with Crippen LogP contribution in [0.2, 0.25) is 0 Å². The fraction of sp³-hybridized carbons (Fsp3) is 0.750. The first kappa shape index (κ1) is 11.3. The molecule has 0 spiro atoms. The molecule has 17 heavy (non-hydrogen) atoms. The topological polar surface area (TPSA) is 52.0 Å². The molecule has 0 saturated carbocycles. The van der Waals surface area contributed by atoms with Gasteiger partial charge in [-0.3, -0.25) is 0 Å². The second-order valence-electron chi connectivity index (χ2n) is 5.26. The van der Waals surface area contributed by atoms with Crippen LogP contribution < -0.4 is 0 Å². The molecule has 0 amide bonds. The van der Waals surface area contributed by atoms with Gasteiger partial charge in [0, 0.05) is 18.7 Å². The molecule has 3 heterocycles. The molecule has 0 aromatic carbocycles. The van der Waals surface area contributed by atoms with Gasteiger partial charge in [-0.1, -0.05) is 6.92 Å². The number of aromatic nitrogens is 2. The van der Waals surface area contributed by atoms with E-state index in [0.29, 0.717) is 11.7 Å². The zero-order valence-corrected chi connectivity index (χ0v) is 10.9. The molecule has 1 aromatic heterocycles. The van der Waals surface area contributed by atoms with Gasteiger partial charge in [0.15, 0.2) is 9.84 Å². The van der Waals surface area contributed by atoms with Gasteiger partial charge in [0.05, 0.1) is 11.4 Å². The first-order valence-electron chi connectivity index (χ1n) is 6.36. The number of aryl methyl sites for hydroxylation is 1. The second kappa shape index (κ2) is 3.83. The Morgan fingerprint density at radius 2 is 2.18 bits per heavy atom. The highest BCUT2D eigenvalue weighted by atomic mass is 32.2. The van der Waals surface area contributed by atoms with Crippen molar-refractivity contribution < 1.29 is 8.42 Å². The number of nitrogens with zero attached hydrogens (tertiary/aromatic N) is 2. The lowest BCUT2D eigenvalue weighted by Gasteiger charge is -2.19. The summed E-state index contributed by atoms with van der Waals surface area (Å²) in [5.41, 5.74) is 0.784. The Morgan fingerprint density at radius 1 is 1.35 bits per heavy atom. The summed E-state index contributed by atoms with van der Waals surface area (Å²) in [6.07, 6.45) is 5.83. The first-order valence-corrected chi connectivity index (χ1v) is 8.08. The summed E-state index contributed by atoms with van der Waals surface area (Å²) in [5, 5.41) is -0.340. The number of hydrogen-bond donors (Lipinski definition) is 0. The lowest BCUT2D eigenvalue weighted by Crippen LogP contribution is -2.13. The third kappa shape index (κ3) is 1.80. The first-order chi connectivity index (χ1) is 8.08. The van der Waals surface area contributed by atoms with E-state index in [2.05, 4.69) is 16.5 Å². The molecular weight excluding hydrogens is 236 g/mol. The zero-order chi connectivity index (χ0) is 12.0. The van der Waals surface area contributed by atoms with Crippen molar-refractivity contribution in [2.24, 2.45) is 0 Å². The highest BCUT2D eigenvalue weighted by Crippen LogP contribution is 2.36. The van der Waals surface area contributed by atoms with E-state index in [1.807, 2.05) is 6.20 Å². The molecule has 0 aliphatic carbocycles. The molecule has 1 fully saturated rings. The van der Waals surface area contributed by atoms with Gasteiger partial charge in [-0.15, -0.1) is 0 Å². The summed E-state index contributed by atoms with van der Waals surface area (Å²) in [7, 11) is -2.93. The minimum atomic E-state index is -2.93. The van der Waals surface area contributed by atoms with Gasteiger partial charge < -0.3 is 4.57 Å². The SMILES string of the molecule is CC1CCCn2cc(C3CCCS3(=O)=O)nc21. The van der Waals surface area contributed by atoms with Gasteiger partial charge in [-0.25, -0.2) is 13.4 Å². The maximum Gasteiger partial charge on any atom is 0.158 e. The van der Waals surface area contributed by atoms with Crippen LogP contribution in [0.5, 0.6) is 0 Å². The minimum Gasteiger partial charge on any atom is -0.334 e. The standard InChI is InChI=1S/C12H18N2O2S/c1-9-4-2-6-14-8-10(13-12(9)14)11-5-3-7-17(11,15)16/h8-9,11H,2-7H2,1H3. The minimum absolute atomic E-state index is 0.329. The molecule has 2 aliphatic rings. The average Bonchev–Trinajstić information content (AvgIpc) is 2.81. The molecular formula is C12H18N2O2S. The molecule has 0 bridgehead atoms.